The topological polar surface area (TPSA) is 6.48 Å². The second kappa shape index (κ2) is 2.19. The molecule has 1 rings (SSSR count). The molecule has 1 aliphatic heterocycles. The molecule has 1 fully saturated rings. The molecule has 0 aliphatic carbocycles. The molecule has 1 heterocycles. The van der Waals surface area contributed by atoms with Gasteiger partial charge in [-0.2, -0.15) is 0 Å². The Morgan fingerprint density at radius 3 is 1.44 bits per heavy atom. The van der Waals surface area contributed by atoms with E-state index in [0.717, 1.165) is 0 Å². The summed E-state index contributed by atoms with van der Waals surface area (Å²) in [5, 5.41) is 0. The average molecular weight is 148 g/mol. The predicted molar refractivity (Wildman–Crippen MR) is 45.4 cm³/mol. The third kappa shape index (κ3) is 1.12. The molecule has 1 aliphatic rings. The molecule has 0 aromatic heterocycles. The Bertz CT molecular complexity index is 102. The van der Waals surface area contributed by atoms with E-state index in [1.54, 1.807) is 0 Å². The molecular formula is C6H17N2P. The third-order valence-electron chi connectivity index (χ3n) is 2.64. The van der Waals surface area contributed by atoms with Crippen molar-refractivity contribution in [2.24, 2.45) is 0 Å². The molecule has 0 aromatic rings. The summed E-state index contributed by atoms with van der Waals surface area (Å²) in [5.41, 5.74) is 0. The molecule has 0 N–H and O–H groups in total. The second-order valence-electron chi connectivity index (χ2n) is 3.34. The van der Waals surface area contributed by atoms with Crippen LogP contribution in [0.15, 0.2) is 0 Å². The van der Waals surface area contributed by atoms with Gasteiger partial charge in [-0.05, 0) is 0 Å². The van der Waals surface area contributed by atoms with E-state index in [1.807, 2.05) is 0 Å². The van der Waals surface area contributed by atoms with E-state index in [-0.39, 0.29) is 0 Å². The van der Waals surface area contributed by atoms with Gasteiger partial charge >= 0.3 is 57.4 Å². The van der Waals surface area contributed by atoms with Crippen LogP contribution in [-0.2, 0) is 0 Å². The Kier molecular flexibility index (Phi) is 1.81. The number of hydrogen-bond donors (Lipinski definition) is 0. The van der Waals surface area contributed by atoms with Crippen molar-refractivity contribution >= 4 is 7.56 Å². The Morgan fingerprint density at radius 1 is 1.00 bits per heavy atom. The molecule has 56 valence electrons. The Hall–Kier alpha value is 0.350. The van der Waals surface area contributed by atoms with Gasteiger partial charge in [0.1, 0.15) is 0 Å². The molecule has 0 amide bonds. The summed E-state index contributed by atoms with van der Waals surface area (Å²) in [7, 11) is 3.38. The van der Waals surface area contributed by atoms with Crippen LogP contribution in [0.25, 0.3) is 0 Å². The summed E-state index contributed by atoms with van der Waals surface area (Å²) in [4.78, 5) is 0. The van der Waals surface area contributed by atoms with Crippen molar-refractivity contribution in [2.75, 3.05) is 40.5 Å². The fraction of sp³-hybridized carbons (Fsp3) is 1.00. The molecule has 0 saturated carbocycles. The molecule has 0 atom stereocenters. The fourth-order valence-electron chi connectivity index (χ4n) is 1.14. The monoisotopic (exact) mass is 148 g/mol. The van der Waals surface area contributed by atoms with E-state index >= 15 is 0 Å². The van der Waals surface area contributed by atoms with Gasteiger partial charge in [-0.1, -0.05) is 0 Å². The van der Waals surface area contributed by atoms with E-state index < -0.39 is 7.56 Å². The van der Waals surface area contributed by atoms with Crippen LogP contribution < -0.4 is 0 Å². The van der Waals surface area contributed by atoms with Crippen LogP contribution >= 0.6 is 7.56 Å². The maximum atomic E-state index is 2.51. The standard InChI is InChI=1S/C6H17N2P/c1-7-5-6-8(2)9(7,3)4/h9H,5-6H2,1-4H3. The zero-order valence-electron chi connectivity index (χ0n) is 6.81. The summed E-state index contributed by atoms with van der Waals surface area (Å²) >= 11 is 0. The molecule has 9 heavy (non-hydrogen) atoms. The van der Waals surface area contributed by atoms with Crippen molar-refractivity contribution in [3.63, 3.8) is 0 Å². The minimum atomic E-state index is -1.08. The maximum absolute atomic E-state index is 2.51. The number of hydrogen-bond acceptors (Lipinski definition) is 2. The first kappa shape index (κ1) is 7.46. The zero-order chi connectivity index (χ0) is 7.07. The van der Waals surface area contributed by atoms with E-state index in [2.05, 4.69) is 36.8 Å². The predicted octanol–water partition coefficient (Wildman–Crippen LogP) is 0.703. The molecule has 1 saturated heterocycles. The molecule has 0 bridgehead atoms. The first-order chi connectivity index (χ1) is 4.05. The Morgan fingerprint density at radius 2 is 1.33 bits per heavy atom. The van der Waals surface area contributed by atoms with Crippen molar-refractivity contribution in [3.05, 3.63) is 0 Å². The SMILES string of the molecule is CN1CCN(C)[PH]1(C)C. The van der Waals surface area contributed by atoms with Gasteiger partial charge in [0.2, 0.25) is 0 Å². The van der Waals surface area contributed by atoms with E-state index in [1.165, 1.54) is 13.1 Å². The average Bonchev–Trinajstić information content (AvgIpc) is 1.96. The van der Waals surface area contributed by atoms with Crippen molar-refractivity contribution in [1.82, 2.24) is 9.34 Å². The van der Waals surface area contributed by atoms with Gasteiger partial charge in [0, 0.05) is 0 Å². The van der Waals surface area contributed by atoms with Crippen molar-refractivity contribution < 1.29 is 0 Å². The normalized spacial score (nSPS) is 32.9. The Balaban J connectivity index is 2.66. The van der Waals surface area contributed by atoms with Crippen LogP contribution in [-0.4, -0.2) is 49.9 Å². The quantitative estimate of drug-likeness (QED) is 0.467. The fourth-order valence-corrected chi connectivity index (χ4v) is 3.02. The van der Waals surface area contributed by atoms with Crippen LogP contribution in [0.5, 0.6) is 0 Å². The molecule has 0 radical (unpaired) electrons. The summed E-state index contributed by atoms with van der Waals surface area (Å²) < 4.78 is 5.01. The van der Waals surface area contributed by atoms with Gasteiger partial charge in [0.25, 0.3) is 0 Å². The van der Waals surface area contributed by atoms with Gasteiger partial charge < -0.3 is 0 Å². The van der Waals surface area contributed by atoms with E-state index in [0.29, 0.717) is 0 Å². The molecule has 3 heteroatoms. The van der Waals surface area contributed by atoms with Gasteiger partial charge in [-0.25, -0.2) is 0 Å². The third-order valence-corrected chi connectivity index (χ3v) is 6.82. The summed E-state index contributed by atoms with van der Waals surface area (Å²) in [6.07, 6.45) is 0. The van der Waals surface area contributed by atoms with Gasteiger partial charge in [-0.3, -0.25) is 0 Å². The van der Waals surface area contributed by atoms with Gasteiger partial charge in [0.05, 0.1) is 0 Å². The molecule has 2 nitrogen and oxygen atoms in total. The first-order valence-electron chi connectivity index (χ1n) is 3.47. The Labute approximate surface area is 58.3 Å². The van der Waals surface area contributed by atoms with Crippen LogP contribution in [0.2, 0.25) is 0 Å². The summed E-state index contributed by atoms with van der Waals surface area (Å²) in [6.45, 7) is 7.30. The number of likely N-dealkylation sites (N-methyl/N-ethyl adjacent to an activating group) is 2. The molecule has 0 unspecified atom stereocenters. The van der Waals surface area contributed by atoms with E-state index in [9.17, 15) is 0 Å². The van der Waals surface area contributed by atoms with Crippen molar-refractivity contribution in [2.45, 2.75) is 0 Å². The van der Waals surface area contributed by atoms with E-state index in [4.69, 9.17) is 0 Å². The van der Waals surface area contributed by atoms with Crippen molar-refractivity contribution in [3.8, 4) is 0 Å². The molecule has 0 spiro atoms. The zero-order valence-corrected chi connectivity index (χ0v) is 7.81. The first-order valence-corrected chi connectivity index (χ1v) is 6.37. The van der Waals surface area contributed by atoms with Crippen LogP contribution in [0, 0.1) is 0 Å². The van der Waals surface area contributed by atoms with Gasteiger partial charge in [-0.15, -0.1) is 0 Å². The summed E-state index contributed by atoms with van der Waals surface area (Å²) in [5.74, 6) is 0. The number of nitrogens with zero attached hydrogens (tertiary/aromatic N) is 2. The van der Waals surface area contributed by atoms with Gasteiger partial charge in [0.15, 0.2) is 0 Å². The van der Waals surface area contributed by atoms with Crippen molar-refractivity contribution in [1.29, 1.82) is 0 Å². The van der Waals surface area contributed by atoms with Crippen LogP contribution in [0.4, 0.5) is 0 Å². The molecule has 0 aromatic carbocycles. The minimum absolute atomic E-state index is 1.08. The second-order valence-corrected chi connectivity index (χ2v) is 7.85. The van der Waals surface area contributed by atoms with Crippen LogP contribution in [0.1, 0.15) is 0 Å². The van der Waals surface area contributed by atoms with Crippen LogP contribution in [0.3, 0.4) is 0 Å². The summed E-state index contributed by atoms with van der Waals surface area (Å²) in [6, 6.07) is 0. The molecular weight excluding hydrogens is 131 g/mol. The number of rotatable bonds is 0.